The van der Waals surface area contributed by atoms with Crippen LogP contribution in [-0.4, -0.2) is 0 Å². The molecule has 25 heavy (non-hydrogen) atoms. The van der Waals surface area contributed by atoms with Crippen molar-refractivity contribution in [3.05, 3.63) is 94.3 Å². The van der Waals surface area contributed by atoms with Crippen LogP contribution in [0.25, 0.3) is 11.1 Å². The number of benzene rings is 3. The Kier molecular flexibility index (Phi) is 4.57. The third-order valence-electron chi connectivity index (χ3n) is 3.95. The lowest BCUT2D eigenvalue weighted by molar-refractivity contribution is 0.445. The Bertz CT molecular complexity index is 883. The summed E-state index contributed by atoms with van der Waals surface area (Å²) in [6, 6.07) is 10.9. The van der Waals surface area contributed by atoms with E-state index in [1.807, 2.05) is 19.1 Å². The van der Waals surface area contributed by atoms with Crippen molar-refractivity contribution in [2.24, 2.45) is 0 Å². The molecule has 0 aliphatic carbocycles. The minimum Gasteiger partial charge on any atom is -0.207 e. The van der Waals surface area contributed by atoms with Gasteiger partial charge in [0.2, 0.25) is 0 Å². The maximum atomic E-state index is 14.3. The summed E-state index contributed by atoms with van der Waals surface area (Å²) in [7, 11) is 0. The van der Waals surface area contributed by atoms with Gasteiger partial charge in [0.05, 0.1) is 0 Å². The molecule has 0 amide bonds. The smallest absolute Gasteiger partial charge is 0.194 e. The molecule has 0 bridgehead atoms. The molecule has 128 valence electrons. The van der Waals surface area contributed by atoms with Crippen molar-refractivity contribution >= 4 is 0 Å². The van der Waals surface area contributed by atoms with Crippen LogP contribution in [0.3, 0.4) is 0 Å². The first kappa shape index (κ1) is 17.1. The molecule has 0 saturated carbocycles. The van der Waals surface area contributed by atoms with E-state index < -0.39 is 29.1 Å². The fourth-order valence-corrected chi connectivity index (χ4v) is 2.60. The molecule has 0 unspecified atom stereocenters. The molecule has 5 heteroatoms. The Morgan fingerprint density at radius 1 is 0.640 bits per heavy atom. The molecule has 0 aliphatic rings. The largest absolute Gasteiger partial charge is 0.207 e. The SMILES string of the molecule is Cc1ccc(-c2cc(F)c(Cc3cc(F)c(F)c(F)c3)c(F)c2)cc1. The van der Waals surface area contributed by atoms with Crippen molar-refractivity contribution in [3.8, 4) is 11.1 Å². The minimum atomic E-state index is -1.61. The molecule has 3 aromatic rings. The van der Waals surface area contributed by atoms with E-state index in [0.717, 1.165) is 17.7 Å². The predicted molar refractivity (Wildman–Crippen MR) is 85.7 cm³/mol. The molecule has 0 nitrogen and oxygen atoms in total. The maximum Gasteiger partial charge on any atom is 0.194 e. The molecule has 0 radical (unpaired) electrons. The van der Waals surface area contributed by atoms with E-state index in [1.54, 1.807) is 12.1 Å². The molecule has 0 atom stereocenters. The van der Waals surface area contributed by atoms with Crippen LogP contribution in [-0.2, 0) is 6.42 Å². The van der Waals surface area contributed by atoms with Gasteiger partial charge in [-0.15, -0.1) is 0 Å². The zero-order valence-corrected chi connectivity index (χ0v) is 13.2. The summed E-state index contributed by atoms with van der Waals surface area (Å²) < 4.78 is 68.2. The van der Waals surface area contributed by atoms with Crippen LogP contribution in [0.2, 0.25) is 0 Å². The number of hydrogen-bond donors (Lipinski definition) is 0. The van der Waals surface area contributed by atoms with Crippen LogP contribution >= 0.6 is 0 Å². The summed E-state index contributed by atoms with van der Waals surface area (Å²) in [4.78, 5) is 0. The van der Waals surface area contributed by atoms with Crippen molar-refractivity contribution in [1.29, 1.82) is 0 Å². The molecule has 0 spiro atoms. The van der Waals surface area contributed by atoms with Crippen molar-refractivity contribution in [1.82, 2.24) is 0 Å². The lowest BCUT2D eigenvalue weighted by atomic mass is 9.98. The van der Waals surface area contributed by atoms with Crippen LogP contribution < -0.4 is 0 Å². The van der Waals surface area contributed by atoms with Crippen LogP contribution in [0, 0.1) is 36.0 Å². The highest BCUT2D eigenvalue weighted by atomic mass is 19.2. The quantitative estimate of drug-likeness (QED) is 0.405. The van der Waals surface area contributed by atoms with Crippen molar-refractivity contribution in [3.63, 3.8) is 0 Å². The molecule has 3 rings (SSSR count). The highest BCUT2D eigenvalue weighted by Crippen LogP contribution is 2.27. The minimum absolute atomic E-state index is 0.0581. The molecule has 0 N–H and O–H groups in total. The second-order valence-electron chi connectivity index (χ2n) is 5.83. The van der Waals surface area contributed by atoms with Gasteiger partial charge in [-0.3, -0.25) is 0 Å². The fraction of sp³-hybridized carbons (Fsp3) is 0.100. The molecule has 3 aromatic carbocycles. The lowest BCUT2D eigenvalue weighted by Gasteiger charge is -2.10. The molecule has 0 aromatic heterocycles. The summed E-state index contributed by atoms with van der Waals surface area (Å²) in [6.45, 7) is 1.90. The summed E-state index contributed by atoms with van der Waals surface area (Å²) >= 11 is 0. The summed E-state index contributed by atoms with van der Waals surface area (Å²) in [6.07, 6.45) is -0.389. The van der Waals surface area contributed by atoms with Crippen LogP contribution in [0.5, 0.6) is 0 Å². The van der Waals surface area contributed by atoms with Gasteiger partial charge in [0.25, 0.3) is 0 Å². The Balaban J connectivity index is 1.97. The van der Waals surface area contributed by atoms with E-state index in [-0.39, 0.29) is 17.5 Å². The Morgan fingerprint density at radius 3 is 1.68 bits per heavy atom. The van der Waals surface area contributed by atoms with E-state index in [4.69, 9.17) is 0 Å². The standard InChI is InChI=1S/C20H13F5/c1-11-2-4-13(5-3-11)14-9-16(21)15(17(22)10-14)6-12-7-18(23)20(25)19(24)8-12/h2-5,7-10H,6H2,1H3. The first-order valence-electron chi connectivity index (χ1n) is 7.53. The number of aryl methyl sites for hydroxylation is 1. The Labute approximate surface area is 141 Å². The number of halogens is 5. The second-order valence-corrected chi connectivity index (χ2v) is 5.83. The lowest BCUT2D eigenvalue weighted by Crippen LogP contribution is -2.01. The fourth-order valence-electron chi connectivity index (χ4n) is 2.60. The van der Waals surface area contributed by atoms with Gasteiger partial charge in [-0.1, -0.05) is 29.8 Å². The number of hydrogen-bond acceptors (Lipinski definition) is 0. The Morgan fingerprint density at radius 2 is 1.16 bits per heavy atom. The van der Waals surface area contributed by atoms with E-state index >= 15 is 0 Å². The van der Waals surface area contributed by atoms with Gasteiger partial charge in [-0.25, -0.2) is 22.0 Å². The highest BCUT2D eigenvalue weighted by molar-refractivity contribution is 5.64. The normalized spacial score (nSPS) is 11.0. The molecule has 0 fully saturated rings. The van der Waals surface area contributed by atoms with Gasteiger partial charge >= 0.3 is 0 Å². The van der Waals surface area contributed by atoms with Gasteiger partial charge in [-0.2, -0.15) is 0 Å². The highest BCUT2D eigenvalue weighted by Gasteiger charge is 2.16. The summed E-state index contributed by atoms with van der Waals surface area (Å²) in [5.74, 6) is -6.07. The zero-order valence-electron chi connectivity index (χ0n) is 13.2. The number of rotatable bonds is 3. The Hall–Kier alpha value is -2.69. The van der Waals surface area contributed by atoms with Crippen molar-refractivity contribution in [2.45, 2.75) is 13.3 Å². The van der Waals surface area contributed by atoms with Gasteiger partial charge in [0.1, 0.15) is 11.6 Å². The topological polar surface area (TPSA) is 0 Å². The van der Waals surface area contributed by atoms with Crippen LogP contribution in [0.15, 0.2) is 48.5 Å². The summed E-state index contributed by atoms with van der Waals surface area (Å²) in [5, 5.41) is 0. The average molecular weight is 348 g/mol. The summed E-state index contributed by atoms with van der Waals surface area (Å²) in [5.41, 5.74) is 1.63. The van der Waals surface area contributed by atoms with Crippen LogP contribution in [0.1, 0.15) is 16.7 Å². The van der Waals surface area contributed by atoms with Crippen molar-refractivity contribution < 1.29 is 22.0 Å². The van der Waals surface area contributed by atoms with Crippen molar-refractivity contribution in [2.75, 3.05) is 0 Å². The van der Waals surface area contributed by atoms with E-state index in [9.17, 15) is 22.0 Å². The first-order valence-corrected chi connectivity index (χ1v) is 7.53. The van der Waals surface area contributed by atoms with Crippen LogP contribution in [0.4, 0.5) is 22.0 Å². The molecular weight excluding hydrogens is 335 g/mol. The molecular formula is C20H13F5. The van der Waals surface area contributed by atoms with E-state index in [1.165, 1.54) is 12.1 Å². The van der Waals surface area contributed by atoms with Gasteiger partial charge in [0.15, 0.2) is 17.5 Å². The third-order valence-corrected chi connectivity index (χ3v) is 3.95. The molecule has 0 heterocycles. The van der Waals surface area contributed by atoms with E-state index in [0.29, 0.717) is 11.1 Å². The van der Waals surface area contributed by atoms with Gasteiger partial charge in [0, 0.05) is 12.0 Å². The van der Waals surface area contributed by atoms with Gasteiger partial charge in [-0.05, 0) is 47.9 Å². The maximum absolute atomic E-state index is 14.3. The average Bonchev–Trinajstić information content (AvgIpc) is 2.56. The zero-order chi connectivity index (χ0) is 18.1. The molecule has 0 aliphatic heterocycles. The molecule has 0 saturated heterocycles. The van der Waals surface area contributed by atoms with E-state index in [2.05, 4.69) is 0 Å². The van der Waals surface area contributed by atoms with Gasteiger partial charge < -0.3 is 0 Å². The first-order chi connectivity index (χ1) is 11.8. The second kappa shape index (κ2) is 6.67. The monoisotopic (exact) mass is 348 g/mol. The third kappa shape index (κ3) is 3.55. The predicted octanol–water partition coefficient (Wildman–Crippen LogP) is 5.95.